The van der Waals surface area contributed by atoms with Crippen LogP contribution < -0.4 is 0 Å². The molecule has 0 bridgehead atoms. The number of aliphatic hydroxyl groups is 1. The van der Waals surface area contributed by atoms with Gasteiger partial charge in [0, 0.05) is 0 Å². The van der Waals surface area contributed by atoms with E-state index in [0.29, 0.717) is 6.61 Å². The average molecular weight is 316 g/mol. The number of unbranched alkanes of at least 4 members (excludes halogenated alkanes) is 7. The van der Waals surface area contributed by atoms with E-state index in [1.54, 1.807) is 0 Å². The molecule has 132 valence electrons. The smallest absolute Gasteiger partial charge is 0.157 e. The summed E-state index contributed by atoms with van der Waals surface area (Å²) in [7, 11) is 0. The maximum Gasteiger partial charge on any atom is 0.157 e. The van der Waals surface area contributed by atoms with E-state index in [4.69, 9.17) is 19.3 Å². The zero-order chi connectivity index (χ0) is 16.1. The molecule has 1 N–H and O–H groups in total. The van der Waals surface area contributed by atoms with Crippen molar-refractivity contribution in [3.05, 3.63) is 0 Å². The van der Waals surface area contributed by atoms with E-state index >= 15 is 0 Å². The van der Waals surface area contributed by atoms with Crippen LogP contribution in [-0.2, 0) is 14.2 Å². The monoisotopic (exact) mass is 316 g/mol. The van der Waals surface area contributed by atoms with Crippen LogP contribution in [0.1, 0.15) is 78.1 Å². The van der Waals surface area contributed by atoms with Crippen LogP contribution in [0.4, 0.5) is 0 Å². The maximum absolute atomic E-state index is 8.78. The predicted octanol–water partition coefficient (Wildman–Crippen LogP) is 4.05. The van der Waals surface area contributed by atoms with Crippen LogP contribution in [0, 0.1) is 0 Å². The Morgan fingerprint density at radius 3 is 2.05 bits per heavy atom. The average Bonchev–Trinajstić information content (AvgIpc) is 3.00. The van der Waals surface area contributed by atoms with Crippen molar-refractivity contribution >= 4 is 0 Å². The van der Waals surface area contributed by atoms with Crippen molar-refractivity contribution in [2.75, 3.05) is 26.4 Å². The third kappa shape index (κ3) is 10.5. The highest BCUT2D eigenvalue weighted by Crippen LogP contribution is 2.20. The molecule has 1 aliphatic heterocycles. The van der Waals surface area contributed by atoms with Crippen LogP contribution in [0.15, 0.2) is 0 Å². The van der Waals surface area contributed by atoms with E-state index in [2.05, 4.69) is 13.8 Å². The Labute approximate surface area is 136 Å². The van der Waals surface area contributed by atoms with Gasteiger partial charge in [0.1, 0.15) is 0 Å². The fraction of sp³-hybridized carbons (Fsp3) is 1.00. The molecule has 0 atom stereocenters. The number of hydrogen-bond acceptors (Lipinski definition) is 4. The van der Waals surface area contributed by atoms with Crippen LogP contribution in [0.2, 0.25) is 0 Å². The molecular formula is C18H36O4. The summed E-state index contributed by atoms with van der Waals surface area (Å²) in [6.07, 6.45) is 12.6. The molecule has 0 radical (unpaired) electrons. The SMILES string of the molecule is CC(C)(CCCCCCCCCCC1OCCO1)OCCO. The highest BCUT2D eigenvalue weighted by molar-refractivity contribution is 4.68. The summed E-state index contributed by atoms with van der Waals surface area (Å²) in [5.41, 5.74) is -0.0902. The minimum absolute atomic E-state index is 0.0800. The molecular weight excluding hydrogens is 280 g/mol. The molecule has 22 heavy (non-hydrogen) atoms. The van der Waals surface area contributed by atoms with Gasteiger partial charge in [-0.05, 0) is 33.1 Å². The largest absolute Gasteiger partial charge is 0.394 e. The molecule has 0 unspecified atom stereocenters. The Balaban J connectivity index is 1.79. The molecule has 0 aliphatic carbocycles. The maximum atomic E-state index is 8.78. The van der Waals surface area contributed by atoms with Gasteiger partial charge < -0.3 is 19.3 Å². The molecule has 1 saturated heterocycles. The van der Waals surface area contributed by atoms with Crippen molar-refractivity contribution < 1.29 is 19.3 Å². The van der Waals surface area contributed by atoms with Crippen molar-refractivity contribution in [1.82, 2.24) is 0 Å². The lowest BCUT2D eigenvalue weighted by Crippen LogP contribution is -2.25. The van der Waals surface area contributed by atoms with Gasteiger partial charge in [0.2, 0.25) is 0 Å². The number of hydrogen-bond donors (Lipinski definition) is 1. The summed E-state index contributed by atoms with van der Waals surface area (Å²) in [5, 5.41) is 8.78. The van der Waals surface area contributed by atoms with Gasteiger partial charge in [-0.25, -0.2) is 0 Å². The summed E-state index contributed by atoms with van der Waals surface area (Å²) in [4.78, 5) is 0. The predicted molar refractivity (Wildman–Crippen MR) is 89.0 cm³/mol. The first kappa shape index (κ1) is 19.9. The minimum Gasteiger partial charge on any atom is -0.394 e. The van der Waals surface area contributed by atoms with Crippen molar-refractivity contribution in [3.63, 3.8) is 0 Å². The van der Waals surface area contributed by atoms with Gasteiger partial charge in [-0.15, -0.1) is 0 Å². The Bertz CT molecular complexity index is 249. The zero-order valence-electron chi connectivity index (χ0n) is 14.6. The summed E-state index contributed by atoms with van der Waals surface area (Å²) in [6.45, 7) is 6.33. The second-order valence-corrected chi connectivity index (χ2v) is 6.87. The van der Waals surface area contributed by atoms with E-state index in [0.717, 1.165) is 26.1 Å². The minimum atomic E-state index is -0.0902. The molecule has 0 aromatic heterocycles. The summed E-state index contributed by atoms with van der Waals surface area (Å²) in [5.74, 6) is 0. The van der Waals surface area contributed by atoms with Crippen LogP contribution in [0.3, 0.4) is 0 Å². The molecule has 4 nitrogen and oxygen atoms in total. The Morgan fingerprint density at radius 1 is 0.909 bits per heavy atom. The highest BCUT2D eigenvalue weighted by atomic mass is 16.7. The normalized spacial score (nSPS) is 16.5. The van der Waals surface area contributed by atoms with Crippen molar-refractivity contribution in [1.29, 1.82) is 0 Å². The van der Waals surface area contributed by atoms with Gasteiger partial charge >= 0.3 is 0 Å². The Hall–Kier alpha value is -0.160. The third-order valence-electron chi connectivity index (χ3n) is 4.24. The topological polar surface area (TPSA) is 47.9 Å². The first-order valence-corrected chi connectivity index (χ1v) is 9.12. The van der Waals surface area contributed by atoms with Gasteiger partial charge in [-0.2, -0.15) is 0 Å². The van der Waals surface area contributed by atoms with Gasteiger partial charge in [-0.3, -0.25) is 0 Å². The van der Waals surface area contributed by atoms with Crippen molar-refractivity contribution in [3.8, 4) is 0 Å². The zero-order valence-corrected chi connectivity index (χ0v) is 14.6. The standard InChI is InChI=1S/C18H36O4/c1-18(2,22-14-13-19)12-10-8-6-4-3-5-7-9-11-17-20-15-16-21-17/h17,19H,3-16H2,1-2H3. The van der Waals surface area contributed by atoms with Gasteiger partial charge in [0.25, 0.3) is 0 Å². The van der Waals surface area contributed by atoms with Gasteiger partial charge in [0.15, 0.2) is 6.29 Å². The highest BCUT2D eigenvalue weighted by Gasteiger charge is 2.17. The number of aliphatic hydroxyl groups excluding tert-OH is 1. The molecule has 4 heteroatoms. The van der Waals surface area contributed by atoms with E-state index < -0.39 is 0 Å². The lowest BCUT2D eigenvalue weighted by Gasteiger charge is -2.24. The molecule has 0 spiro atoms. The van der Waals surface area contributed by atoms with Crippen molar-refractivity contribution in [2.45, 2.75) is 89.9 Å². The lowest BCUT2D eigenvalue weighted by molar-refractivity contribution is -0.0480. The molecule has 1 rings (SSSR count). The van der Waals surface area contributed by atoms with E-state index in [-0.39, 0.29) is 18.5 Å². The van der Waals surface area contributed by atoms with E-state index in [9.17, 15) is 0 Å². The van der Waals surface area contributed by atoms with Crippen LogP contribution in [-0.4, -0.2) is 43.4 Å². The van der Waals surface area contributed by atoms with Crippen molar-refractivity contribution in [2.24, 2.45) is 0 Å². The van der Waals surface area contributed by atoms with Gasteiger partial charge in [-0.1, -0.05) is 44.9 Å². The molecule has 1 heterocycles. The van der Waals surface area contributed by atoms with Crippen LogP contribution in [0.25, 0.3) is 0 Å². The quantitative estimate of drug-likeness (QED) is 0.491. The Kier molecular flexibility index (Phi) is 11.1. The lowest BCUT2D eigenvalue weighted by atomic mass is 9.99. The molecule has 1 aliphatic rings. The molecule has 0 saturated carbocycles. The third-order valence-corrected chi connectivity index (χ3v) is 4.24. The summed E-state index contributed by atoms with van der Waals surface area (Å²) >= 11 is 0. The molecule has 0 aromatic rings. The fourth-order valence-electron chi connectivity index (χ4n) is 2.89. The van der Waals surface area contributed by atoms with E-state index in [1.807, 2.05) is 0 Å². The second kappa shape index (κ2) is 12.3. The van der Waals surface area contributed by atoms with E-state index in [1.165, 1.54) is 51.4 Å². The molecule has 0 aromatic carbocycles. The number of ether oxygens (including phenoxy) is 3. The summed E-state index contributed by atoms with van der Waals surface area (Å²) in [6, 6.07) is 0. The fourth-order valence-corrected chi connectivity index (χ4v) is 2.89. The Morgan fingerprint density at radius 2 is 1.45 bits per heavy atom. The number of rotatable bonds is 14. The van der Waals surface area contributed by atoms with Crippen LogP contribution in [0.5, 0.6) is 0 Å². The second-order valence-electron chi connectivity index (χ2n) is 6.87. The van der Waals surface area contributed by atoms with Crippen LogP contribution >= 0.6 is 0 Å². The molecule has 0 amide bonds. The first-order chi connectivity index (χ1) is 10.6. The molecule has 1 fully saturated rings. The van der Waals surface area contributed by atoms with Gasteiger partial charge in [0.05, 0.1) is 32.0 Å². The summed E-state index contributed by atoms with van der Waals surface area (Å²) < 4.78 is 16.5. The first-order valence-electron chi connectivity index (χ1n) is 9.12.